The Kier molecular flexibility index (Phi) is 8.35. The first kappa shape index (κ1) is 23.1. The van der Waals surface area contributed by atoms with Crippen LogP contribution in [0.4, 0.5) is 4.79 Å². The molecule has 2 aromatic rings. The Morgan fingerprint density at radius 3 is 2.74 bits per heavy atom. The topological polar surface area (TPSA) is 61.9 Å². The monoisotopic (exact) mass is 443 g/mol. The highest BCUT2D eigenvalue weighted by molar-refractivity contribution is 7.10. The summed E-state index contributed by atoms with van der Waals surface area (Å²) in [7, 11) is 0. The predicted octanol–water partition coefficient (Wildman–Crippen LogP) is 4.47. The molecule has 0 saturated heterocycles. The number of nitrogens with zero attached hydrogens (tertiary/aromatic N) is 2. The average molecular weight is 444 g/mol. The molecule has 2 atom stereocenters. The number of fused-ring (bicyclic) bond motifs is 1. The summed E-state index contributed by atoms with van der Waals surface area (Å²) >= 11 is 1.73. The molecule has 6 nitrogen and oxygen atoms in total. The molecule has 0 aliphatic carbocycles. The Morgan fingerprint density at radius 2 is 2.03 bits per heavy atom. The van der Waals surface area contributed by atoms with Crippen LogP contribution in [0.3, 0.4) is 0 Å². The quantitative estimate of drug-likeness (QED) is 0.622. The van der Waals surface area contributed by atoms with Gasteiger partial charge in [-0.25, -0.2) is 4.79 Å². The Bertz CT molecular complexity index is 855. The third-order valence-electron chi connectivity index (χ3n) is 5.78. The molecule has 31 heavy (non-hydrogen) atoms. The summed E-state index contributed by atoms with van der Waals surface area (Å²) in [6, 6.07) is 11.4. The van der Waals surface area contributed by atoms with E-state index >= 15 is 0 Å². The summed E-state index contributed by atoms with van der Waals surface area (Å²) in [6.45, 7) is 7.75. The van der Waals surface area contributed by atoms with Gasteiger partial charge in [0.25, 0.3) is 0 Å². The van der Waals surface area contributed by atoms with Crippen molar-refractivity contribution in [1.82, 2.24) is 15.1 Å². The summed E-state index contributed by atoms with van der Waals surface area (Å²) in [5.41, 5.74) is 1.16. The number of nitrogens with one attached hydrogen (secondary N) is 1. The van der Waals surface area contributed by atoms with E-state index in [9.17, 15) is 9.59 Å². The van der Waals surface area contributed by atoms with Crippen molar-refractivity contribution in [2.75, 3.05) is 26.2 Å². The van der Waals surface area contributed by atoms with Crippen LogP contribution >= 0.6 is 11.3 Å². The number of ether oxygens (including phenoxy) is 1. The molecule has 168 valence electrons. The number of carbonyl (C=O) groups is 2. The molecular weight excluding hydrogens is 410 g/mol. The van der Waals surface area contributed by atoms with Crippen LogP contribution in [0.5, 0.6) is 5.75 Å². The van der Waals surface area contributed by atoms with Gasteiger partial charge < -0.3 is 19.9 Å². The van der Waals surface area contributed by atoms with Gasteiger partial charge in [0, 0.05) is 24.0 Å². The summed E-state index contributed by atoms with van der Waals surface area (Å²) in [5, 5.41) is 5.00. The second kappa shape index (κ2) is 11.2. The van der Waals surface area contributed by atoms with Crippen LogP contribution in [0, 0.1) is 0 Å². The highest BCUT2D eigenvalue weighted by Crippen LogP contribution is 2.34. The zero-order valence-electron chi connectivity index (χ0n) is 18.7. The third-order valence-corrected chi connectivity index (χ3v) is 6.78. The van der Waals surface area contributed by atoms with Crippen LogP contribution in [0.1, 0.15) is 50.1 Å². The van der Waals surface area contributed by atoms with E-state index in [4.69, 9.17) is 4.74 Å². The highest BCUT2D eigenvalue weighted by Gasteiger charge is 2.34. The van der Waals surface area contributed by atoms with Crippen molar-refractivity contribution in [1.29, 1.82) is 0 Å². The van der Waals surface area contributed by atoms with Gasteiger partial charge in [-0.3, -0.25) is 4.79 Å². The van der Waals surface area contributed by atoms with E-state index in [2.05, 4.69) is 16.8 Å². The van der Waals surface area contributed by atoms with Crippen LogP contribution in [0.25, 0.3) is 0 Å². The average Bonchev–Trinajstić information content (AvgIpc) is 3.28. The molecule has 3 amide bonds. The van der Waals surface area contributed by atoms with Gasteiger partial charge in [0.05, 0.1) is 6.04 Å². The van der Waals surface area contributed by atoms with Gasteiger partial charge in [-0.2, -0.15) is 0 Å². The fourth-order valence-corrected chi connectivity index (χ4v) is 4.71. The predicted molar refractivity (Wildman–Crippen MR) is 125 cm³/mol. The molecule has 1 aliphatic heterocycles. The van der Waals surface area contributed by atoms with Crippen molar-refractivity contribution in [3.63, 3.8) is 0 Å². The largest absolute Gasteiger partial charge is 0.491 e. The van der Waals surface area contributed by atoms with Crippen LogP contribution in [-0.4, -0.2) is 54.0 Å². The lowest BCUT2D eigenvalue weighted by molar-refractivity contribution is -0.135. The number of hydrogen-bond donors (Lipinski definition) is 1. The van der Waals surface area contributed by atoms with E-state index in [-0.39, 0.29) is 30.6 Å². The number of benzene rings is 1. The Hall–Kier alpha value is -2.54. The lowest BCUT2D eigenvalue weighted by Gasteiger charge is -2.38. The van der Waals surface area contributed by atoms with Crippen LogP contribution in [0.2, 0.25) is 0 Å². The molecule has 0 fully saturated rings. The number of thiophene rings is 1. The number of para-hydroxylation sites is 1. The Balaban J connectivity index is 1.75. The Labute approximate surface area is 189 Å². The fourth-order valence-electron chi connectivity index (χ4n) is 3.78. The van der Waals surface area contributed by atoms with Gasteiger partial charge in [0.1, 0.15) is 18.9 Å². The number of hydrogen-bond acceptors (Lipinski definition) is 4. The number of rotatable bonds is 9. The molecule has 1 aromatic carbocycles. The molecular formula is C24H33N3O3S. The first-order valence-electron chi connectivity index (χ1n) is 11.1. The van der Waals surface area contributed by atoms with E-state index in [0.717, 1.165) is 30.6 Å². The highest BCUT2D eigenvalue weighted by atomic mass is 32.1. The third kappa shape index (κ3) is 5.79. The summed E-state index contributed by atoms with van der Waals surface area (Å²) in [6.07, 6.45) is 2.49. The molecule has 7 heteroatoms. The minimum Gasteiger partial charge on any atom is -0.491 e. The van der Waals surface area contributed by atoms with Crippen LogP contribution in [0.15, 0.2) is 41.8 Å². The molecule has 0 bridgehead atoms. The van der Waals surface area contributed by atoms with E-state index in [1.54, 1.807) is 16.2 Å². The zero-order valence-corrected chi connectivity index (χ0v) is 19.5. The standard InChI is InChI=1S/C24H33N3O3S/c1-4-13-25-24(29)27(18(3)5-2)16-23(28)26-14-11-22-20(12-15-31-22)21(26)17-30-19-9-7-6-8-10-19/h6-10,12,15,18,21H,4-5,11,13-14,16-17H2,1-3H3,(H,25,29)/t18-,21-/m0/s1. The molecule has 0 radical (unpaired) electrons. The summed E-state index contributed by atoms with van der Waals surface area (Å²) in [5.74, 6) is 0.753. The minimum atomic E-state index is -0.171. The fraction of sp³-hybridized carbons (Fsp3) is 0.500. The van der Waals surface area contributed by atoms with Crippen LogP contribution in [-0.2, 0) is 11.2 Å². The second-order valence-corrected chi connectivity index (χ2v) is 8.89. The molecule has 3 rings (SSSR count). The normalized spacial score (nSPS) is 16.4. The van der Waals surface area contributed by atoms with Crippen molar-refractivity contribution in [2.45, 2.75) is 52.1 Å². The molecule has 1 N–H and O–H groups in total. The van der Waals surface area contributed by atoms with Crippen LogP contribution < -0.4 is 10.1 Å². The first-order valence-corrected chi connectivity index (χ1v) is 12.0. The number of urea groups is 1. The van der Waals surface area contributed by atoms with Gasteiger partial charge in [0.15, 0.2) is 0 Å². The Morgan fingerprint density at radius 1 is 1.26 bits per heavy atom. The maximum Gasteiger partial charge on any atom is 0.318 e. The van der Waals surface area contributed by atoms with Gasteiger partial charge in [-0.15, -0.1) is 11.3 Å². The number of carbonyl (C=O) groups excluding carboxylic acids is 2. The number of amides is 3. The summed E-state index contributed by atoms with van der Waals surface area (Å²) < 4.78 is 6.04. The SMILES string of the molecule is CCCNC(=O)N(CC(=O)N1CCc2sccc2[C@@H]1COc1ccccc1)[C@@H](C)CC. The second-order valence-electron chi connectivity index (χ2n) is 7.89. The van der Waals surface area contributed by atoms with Gasteiger partial charge in [-0.05, 0) is 55.3 Å². The molecule has 1 aromatic heterocycles. The maximum atomic E-state index is 13.4. The summed E-state index contributed by atoms with van der Waals surface area (Å²) in [4.78, 5) is 31.0. The molecule has 1 aliphatic rings. The molecule has 2 heterocycles. The van der Waals surface area contributed by atoms with Crippen molar-refractivity contribution < 1.29 is 14.3 Å². The molecule has 0 saturated carbocycles. The van der Waals surface area contributed by atoms with Gasteiger partial charge >= 0.3 is 6.03 Å². The van der Waals surface area contributed by atoms with E-state index in [1.807, 2.05) is 56.0 Å². The van der Waals surface area contributed by atoms with Crippen molar-refractivity contribution in [2.24, 2.45) is 0 Å². The van der Waals surface area contributed by atoms with E-state index in [0.29, 0.717) is 19.7 Å². The van der Waals surface area contributed by atoms with Gasteiger partial charge in [-0.1, -0.05) is 32.0 Å². The van der Waals surface area contributed by atoms with E-state index < -0.39 is 0 Å². The minimum absolute atomic E-state index is 0.0127. The van der Waals surface area contributed by atoms with Crippen molar-refractivity contribution >= 4 is 23.3 Å². The molecule has 0 unspecified atom stereocenters. The lowest BCUT2D eigenvalue weighted by atomic mass is 10.00. The van der Waals surface area contributed by atoms with Crippen molar-refractivity contribution in [3.05, 3.63) is 52.2 Å². The zero-order chi connectivity index (χ0) is 22.2. The van der Waals surface area contributed by atoms with E-state index in [1.165, 1.54) is 4.88 Å². The maximum absolute atomic E-state index is 13.4. The van der Waals surface area contributed by atoms with Crippen molar-refractivity contribution in [3.8, 4) is 5.75 Å². The first-order chi connectivity index (χ1) is 15.0. The van der Waals surface area contributed by atoms with Gasteiger partial charge in [0.2, 0.25) is 5.91 Å². The smallest absolute Gasteiger partial charge is 0.318 e. The lowest BCUT2D eigenvalue weighted by Crippen LogP contribution is -2.52. The molecule has 0 spiro atoms.